The lowest BCUT2D eigenvalue weighted by Gasteiger charge is -2.32. The lowest BCUT2D eigenvalue weighted by Crippen LogP contribution is -2.41. The molecule has 5 nitrogen and oxygen atoms in total. The van der Waals surface area contributed by atoms with E-state index in [1.807, 2.05) is 52.0 Å². The van der Waals surface area contributed by atoms with Gasteiger partial charge in [-0.3, -0.25) is 0 Å². The predicted octanol–water partition coefficient (Wildman–Crippen LogP) is 2.65. The second-order valence-corrected chi connectivity index (χ2v) is 9.64. The first kappa shape index (κ1) is 21.0. The summed E-state index contributed by atoms with van der Waals surface area (Å²) in [6.45, 7) is 8.19. The molecule has 1 aliphatic rings. The summed E-state index contributed by atoms with van der Waals surface area (Å²) in [4.78, 5) is -0.342. The van der Waals surface area contributed by atoms with Gasteiger partial charge in [-0.2, -0.15) is 0 Å². The van der Waals surface area contributed by atoms with Crippen LogP contribution in [0.1, 0.15) is 33.3 Å². The van der Waals surface area contributed by atoms with Gasteiger partial charge in [-0.25, -0.2) is 17.5 Å². The SMILES string of the molecule is CC1(C)OB(c2ccc(CCNS(=O)(=O)c3ccccc3F)cc2)OC1(C)C. The molecular formula is C20H25BFNO4S. The van der Waals surface area contributed by atoms with Crippen LogP contribution in [-0.2, 0) is 25.8 Å². The maximum Gasteiger partial charge on any atom is 0.494 e. The molecule has 1 fully saturated rings. The fourth-order valence-electron chi connectivity index (χ4n) is 2.89. The Morgan fingerprint density at radius 1 is 0.964 bits per heavy atom. The Balaban J connectivity index is 1.59. The molecule has 0 saturated carbocycles. The van der Waals surface area contributed by atoms with E-state index in [1.165, 1.54) is 18.2 Å². The molecule has 0 amide bonds. The molecule has 2 aromatic carbocycles. The van der Waals surface area contributed by atoms with Gasteiger partial charge in [0.1, 0.15) is 10.7 Å². The van der Waals surface area contributed by atoms with Crippen molar-refractivity contribution in [1.82, 2.24) is 4.72 Å². The van der Waals surface area contributed by atoms with E-state index >= 15 is 0 Å². The minimum absolute atomic E-state index is 0.173. The fraction of sp³-hybridized carbons (Fsp3) is 0.400. The van der Waals surface area contributed by atoms with Crippen molar-refractivity contribution in [3.05, 3.63) is 59.9 Å². The Morgan fingerprint density at radius 2 is 1.54 bits per heavy atom. The normalized spacial score (nSPS) is 18.4. The van der Waals surface area contributed by atoms with Crippen LogP contribution in [0.15, 0.2) is 53.4 Å². The summed E-state index contributed by atoms with van der Waals surface area (Å²) in [7, 11) is -4.31. The highest BCUT2D eigenvalue weighted by Gasteiger charge is 2.51. The Kier molecular flexibility index (Phi) is 5.69. The minimum Gasteiger partial charge on any atom is -0.399 e. The summed E-state index contributed by atoms with van der Waals surface area (Å²) in [5.41, 5.74) is 1.06. The molecule has 1 aliphatic heterocycles. The van der Waals surface area contributed by atoms with E-state index in [2.05, 4.69) is 4.72 Å². The van der Waals surface area contributed by atoms with Gasteiger partial charge in [-0.05, 0) is 57.3 Å². The highest BCUT2D eigenvalue weighted by molar-refractivity contribution is 7.89. The van der Waals surface area contributed by atoms with E-state index in [1.54, 1.807) is 0 Å². The van der Waals surface area contributed by atoms with Gasteiger partial charge in [0.15, 0.2) is 0 Å². The lowest BCUT2D eigenvalue weighted by atomic mass is 9.79. The molecule has 28 heavy (non-hydrogen) atoms. The Hall–Kier alpha value is -1.74. The first-order valence-corrected chi connectivity index (χ1v) is 10.7. The molecule has 0 unspecified atom stereocenters. The van der Waals surface area contributed by atoms with Gasteiger partial charge in [0.2, 0.25) is 10.0 Å². The minimum atomic E-state index is -3.87. The van der Waals surface area contributed by atoms with Crippen LogP contribution in [0.4, 0.5) is 4.39 Å². The third-order valence-electron chi connectivity index (χ3n) is 5.34. The van der Waals surface area contributed by atoms with E-state index in [-0.39, 0.29) is 11.4 Å². The molecule has 1 N–H and O–H groups in total. The van der Waals surface area contributed by atoms with Crippen molar-refractivity contribution in [1.29, 1.82) is 0 Å². The van der Waals surface area contributed by atoms with Crippen LogP contribution in [0.3, 0.4) is 0 Å². The molecule has 0 aliphatic carbocycles. The highest BCUT2D eigenvalue weighted by Crippen LogP contribution is 2.36. The van der Waals surface area contributed by atoms with Crippen LogP contribution in [-0.4, -0.2) is 33.3 Å². The predicted molar refractivity (Wildman–Crippen MR) is 107 cm³/mol. The van der Waals surface area contributed by atoms with Gasteiger partial charge < -0.3 is 9.31 Å². The van der Waals surface area contributed by atoms with E-state index in [0.717, 1.165) is 17.1 Å². The van der Waals surface area contributed by atoms with Gasteiger partial charge in [-0.1, -0.05) is 36.4 Å². The zero-order valence-electron chi connectivity index (χ0n) is 16.5. The van der Waals surface area contributed by atoms with Crippen molar-refractivity contribution >= 4 is 22.6 Å². The number of benzene rings is 2. The molecule has 0 bridgehead atoms. The summed E-state index contributed by atoms with van der Waals surface area (Å²) in [6.07, 6.45) is 0.483. The summed E-state index contributed by atoms with van der Waals surface area (Å²) in [5, 5.41) is 0. The highest BCUT2D eigenvalue weighted by atomic mass is 32.2. The van der Waals surface area contributed by atoms with Gasteiger partial charge >= 0.3 is 7.12 Å². The van der Waals surface area contributed by atoms with E-state index < -0.39 is 34.2 Å². The summed E-state index contributed by atoms with van der Waals surface area (Å²) in [6, 6.07) is 13.0. The zero-order chi connectivity index (χ0) is 20.6. The Labute approximate surface area is 166 Å². The molecular weight excluding hydrogens is 380 g/mol. The zero-order valence-corrected chi connectivity index (χ0v) is 17.3. The number of sulfonamides is 1. The standard InChI is InChI=1S/C20H25BFNO4S/c1-19(2)20(3,4)27-21(26-19)16-11-9-15(10-12-16)13-14-23-28(24,25)18-8-6-5-7-17(18)22/h5-12,23H,13-14H2,1-4H3. The maximum absolute atomic E-state index is 13.7. The smallest absolute Gasteiger partial charge is 0.399 e. The number of nitrogens with one attached hydrogen (secondary N) is 1. The molecule has 1 heterocycles. The van der Waals surface area contributed by atoms with Crippen molar-refractivity contribution in [2.24, 2.45) is 0 Å². The quantitative estimate of drug-likeness (QED) is 0.751. The fourth-order valence-corrected chi connectivity index (χ4v) is 4.00. The monoisotopic (exact) mass is 405 g/mol. The van der Waals surface area contributed by atoms with Gasteiger partial charge in [0.05, 0.1) is 11.2 Å². The second-order valence-electron chi connectivity index (χ2n) is 7.91. The topological polar surface area (TPSA) is 64.6 Å². The van der Waals surface area contributed by atoms with E-state index in [4.69, 9.17) is 9.31 Å². The lowest BCUT2D eigenvalue weighted by molar-refractivity contribution is 0.00578. The molecule has 0 spiro atoms. The van der Waals surface area contributed by atoms with Crippen LogP contribution >= 0.6 is 0 Å². The van der Waals surface area contributed by atoms with Crippen LogP contribution in [0.2, 0.25) is 0 Å². The molecule has 0 radical (unpaired) electrons. The summed E-state index contributed by atoms with van der Waals surface area (Å²) < 4.78 is 52.6. The van der Waals surface area contributed by atoms with Crippen LogP contribution in [0, 0.1) is 5.82 Å². The largest absolute Gasteiger partial charge is 0.494 e. The number of hydrogen-bond acceptors (Lipinski definition) is 4. The molecule has 150 valence electrons. The van der Waals surface area contributed by atoms with Crippen LogP contribution in [0.5, 0.6) is 0 Å². The molecule has 1 saturated heterocycles. The summed E-state index contributed by atoms with van der Waals surface area (Å²) in [5.74, 6) is -0.762. The first-order chi connectivity index (χ1) is 13.0. The number of halogens is 1. The third kappa shape index (κ3) is 4.30. The molecule has 0 aromatic heterocycles. The van der Waals surface area contributed by atoms with Crippen LogP contribution in [0.25, 0.3) is 0 Å². The Bertz CT molecular complexity index is 929. The second kappa shape index (κ2) is 7.59. The Morgan fingerprint density at radius 3 is 2.11 bits per heavy atom. The number of rotatable bonds is 6. The number of hydrogen-bond donors (Lipinski definition) is 1. The third-order valence-corrected chi connectivity index (χ3v) is 6.83. The van der Waals surface area contributed by atoms with E-state index in [0.29, 0.717) is 6.42 Å². The van der Waals surface area contributed by atoms with Crippen molar-refractivity contribution in [3.63, 3.8) is 0 Å². The van der Waals surface area contributed by atoms with Gasteiger partial charge in [0.25, 0.3) is 0 Å². The van der Waals surface area contributed by atoms with Gasteiger partial charge in [0, 0.05) is 6.54 Å². The average Bonchev–Trinajstić information content (AvgIpc) is 2.83. The van der Waals surface area contributed by atoms with Crippen LogP contribution < -0.4 is 10.2 Å². The average molecular weight is 405 g/mol. The van der Waals surface area contributed by atoms with Gasteiger partial charge in [-0.15, -0.1) is 0 Å². The molecule has 0 atom stereocenters. The molecule has 2 aromatic rings. The first-order valence-electron chi connectivity index (χ1n) is 9.20. The van der Waals surface area contributed by atoms with Crippen molar-refractivity contribution in [2.75, 3.05) is 6.54 Å². The van der Waals surface area contributed by atoms with Crippen molar-refractivity contribution in [3.8, 4) is 0 Å². The maximum atomic E-state index is 13.7. The van der Waals surface area contributed by atoms with Crippen molar-refractivity contribution < 1.29 is 22.1 Å². The van der Waals surface area contributed by atoms with E-state index in [9.17, 15) is 12.8 Å². The summed E-state index contributed by atoms with van der Waals surface area (Å²) >= 11 is 0. The van der Waals surface area contributed by atoms with Crippen molar-refractivity contribution in [2.45, 2.75) is 50.2 Å². The molecule has 8 heteroatoms. The molecule has 3 rings (SSSR count).